The average Bonchev–Trinajstić information content (AvgIpc) is 2.90. The van der Waals surface area contributed by atoms with Gasteiger partial charge >= 0.3 is 0 Å². The van der Waals surface area contributed by atoms with Gasteiger partial charge in [-0.1, -0.05) is 12.1 Å². The molecule has 0 bridgehead atoms. The Morgan fingerprint density at radius 3 is 2.56 bits per heavy atom. The van der Waals surface area contributed by atoms with Gasteiger partial charge in [0, 0.05) is 49.5 Å². The predicted molar refractivity (Wildman–Crippen MR) is 157 cm³/mol. The maximum Gasteiger partial charge on any atom is 0.257 e. The van der Waals surface area contributed by atoms with Crippen LogP contribution in [0.15, 0.2) is 41.3 Å². The molecule has 4 heterocycles. The summed E-state index contributed by atoms with van der Waals surface area (Å²) in [7, 11) is 0. The molecule has 1 amide bonds. The van der Waals surface area contributed by atoms with Crippen molar-refractivity contribution in [1.82, 2.24) is 20.1 Å². The van der Waals surface area contributed by atoms with Crippen LogP contribution in [-0.2, 0) is 4.74 Å². The van der Waals surface area contributed by atoms with Gasteiger partial charge in [0.05, 0.1) is 24.3 Å². The molecule has 0 atom stereocenters. The maximum atomic E-state index is 15.7. The summed E-state index contributed by atoms with van der Waals surface area (Å²) in [5.74, 6) is -0.304. The highest BCUT2D eigenvalue weighted by molar-refractivity contribution is 6.01. The lowest BCUT2D eigenvalue weighted by atomic mass is 9.79. The lowest BCUT2D eigenvalue weighted by Crippen LogP contribution is -2.62. The van der Waals surface area contributed by atoms with Crippen molar-refractivity contribution in [2.24, 2.45) is 0 Å². The number of carbonyl (C=O) groups is 1. The zero-order chi connectivity index (χ0) is 28.9. The van der Waals surface area contributed by atoms with Crippen LogP contribution in [0.5, 0.6) is 11.5 Å². The molecule has 9 nitrogen and oxygen atoms in total. The largest absolute Gasteiger partial charge is 0.451 e. The van der Waals surface area contributed by atoms with E-state index < -0.39 is 17.2 Å². The highest BCUT2D eigenvalue weighted by atomic mass is 19.1. The first-order chi connectivity index (χ1) is 19.5. The molecule has 3 aliphatic heterocycles. The Kier molecular flexibility index (Phi) is 7.04. The normalized spacial score (nSPS) is 19.8. The van der Waals surface area contributed by atoms with Gasteiger partial charge < -0.3 is 30.0 Å². The molecule has 0 saturated carbocycles. The Labute approximate surface area is 239 Å². The minimum Gasteiger partial charge on any atom is -0.451 e. The van der Waals surface area contributed by atoms with E-state index in [1.165, 1.54) is 6.07 Å². The SMILES string of the molecule is CC1(C)CC(NC(=O)c2cn3c4c(c(NCCN5CCOCC5)c(F)cc4c2=O)Oc2ccccc2-3)CC(C)(C)N1. The number of amides is 1. The third-order valence-electron chi connectivity index (χ3n) is 8.14. The minimum absolute atomic E-state index is 0.0262. The Balaban J connectivity index is 1.38. The molecule has 2 saturated heterocycles. The van der Waals surface area contributed by atoms with E-state index in [0.717, 1.165) is 25.9 Å². The van der Waals surface area contributed by atoms with Gasteiger partial charge in [0.15, 0.2) is 17.3 Å². The molecule has 218 valence electrons. The summed E-state index contributed by atoms with van der Waals surface area (Å²) in [6.07, 6.45) is 3.01. The van der Waals surface area contributed by atoms with Crippen molar-refractivity contribution in [2.45, 2.75) is 57.7 Å². The fourth-order valence-electron chi connectivity index (χ4n) is 6.75. The number of pyridine rings is 1. The van der Waals surface area contributed by atoms with E-state index in [-0.39, 0.29) is 39.5 Å². The molecule has 41 heavy (non-hydrogen) atoms. The number of benzene rings is 2. The van der Waals surface area contributed by atoms with Crippen LogP contribution >= 0.6 is 0 Å². The van der Waals surface area contributed by atoms with Crippen LogP contribution in [0.25, 0.3) is 16.6 Å². The number of fused-ring (bicyclic) bond motifs is 2. The number of morpholine rings is 1. The molecule has 0 aliphatic carbocycles. The van der Waals surface area contributed by atoms with Crippen molar-refractivity contribution in [2.75, 3.05) is 44.7 Å². The number of para-hydroxylation sites is 2. The lowest BCUT2D eigenvalue weighted by molar-refractivity contribution is 0.0398. The maximum absolute atomic E-state index is 15.7. The molecule has 2 fully saturated rings. The molecular weight excluding hydrogens is 525 g/mol. The van der Waals surface area contributed by atoms with E-state index in [1.54, 1.807) is 16.8 Å². The minimum atomic E-state index is -0.600. The van der Waals surface area contributed by atoms with E-state index in [2.05, 4.69) is 48.5 Å². The van der Waals surface area contributed by atoms with Crippen molar-refractivity contribution < 1.29 is 18.7 Å². The van der Waals surface area contributed by atoms with Gasteiger partial charge in [0.2, 0.25) is 5.43 Å². The molecule has 0 spiro atoms. The van der Waals surface area contributed by atoms with Crippen LogP contribution in [0.4, 0.5) is 10.1 Å². The average molecular weight is 564 g/mol. The van der Waals surface area contributed by atoms with E-state index in [0.29, 0.717) is 43.3 Å². The Bertz CT molecular complexity index is 1540. The molecule has 1 aromatic heterocycles. The highest BCUT2D eigenvalue weighted by Gasteiger charge is 2.38. The topological polar surface area (TPSA) is 96.9 Å². The second-order valence-corrected chi connectivity index (χ2v) is 12.6. The first kappa shape index (κ1) is 27.7. The molecule has 3 N–H and O–H groups in total. The first-order valence-electron chi connectivity index (χ1n) is 14.3. The summed E-state index contributed by atoms with van der Waals surface area (Å²) in [5.41, 5.74) is 0.405. The number of halogens is 1. The molecule has 2 aromatic carbocycles. The molecule has 6 rings (SSSR count). The van der Waals surface area contributed by atoms with Crippen LogP contribution < -0.4 is 26.1 Å². The first-order valence-corrected chi connectivity index (χ1v) is 14.3. The summed E-state index contributed by atoms with van der Waals surface area (Å²) >= 11 is 0. The number of anilines is 1. The highest BCUT2D eigenvalue weighted by Crippen LogP contribution is 2.45. The number of hydrogen-bond donors (Lipinski definition) is 3. The summed E-state index contributed by atoms with van der Waals surface area (Å²) in [4.78, 5) is 29.6. The number of aromatic nitrogens is 1. The Morgan fingerprint density at radius 1 is 1.12 bits per heavy atom. The molecule has 0 radical (unpaired) electrons. The van der Waals surface area contributed by atoms with Crippen LogP contribution in [0.3, 0.4) is 0 Å². The molecule has 10 heteroatoms. The second kappa shape index (κ2) is 10.4. The predicted octanol–water partition coefficient (Wildman–Crippen LogP) is 4.02. The fraction of sp³-hybridized carbons (Fsp3) is 0.484. The van der Waals surface area contributed by atoms with Crippen molar-refractivity contribution in [1.29, 1.82) is 0 Å². The lowest BCUT2D eigenvalue weighted by Gasteiger charge is -2.46. The van der Waals surface area contributed by atoms with E-state index >= 15 is 4.39 Å². The molecular formula is C31H38FN5O4. The Morgan fingerprint density at radius 2 is 1.83 bits per heavy atom. The number of nitrogens with one attached hydrogen (secondary N) is 3. The standard InChI is InChI=1S/C31H38FN5O4/c1-30(2)16-19(17-31(3,4)35-30)34-29(39)21-18-37-23-7-5-6-8-24(23)41-28-25(22(32)15-20(26(28)37)27(21)38)33-9-10-36-11-13-40-14-12-36/h5-8,15,18-19,33,35H,9-14,16-17H2,1-4H3,(H,34,39). The van der Waals surface area contributed by atoms with E-state index in [9.17, 15) is 9.59 Å². The van der Waals surface area contributed by atoms with Gasteiger partial charge in [-0.3, -0.25) is 14.5 Å². The third-order valence-corrected chi connectivity index (χ3v) is 8.14. The van der Waals surface area contributed by atoms with Crippen molar-refractivity contribution in [3.8, 4) is 17.2 Å². The number of hydrogen-bond acceptors (Lipinski definition) is 7. The molecule has 3 aromatic rings. The zero-order valence-corrected chi connectivity index (χ0v) is 24.1. The van der Waals surface area contributed by atoms with Gasteiger partial charge in [0.1, 0.15) is 16.8 Å². The van der Waals surface area contributed by atoms with Gasteiger partial charge in [-0.15, -0.1) is 0 Å². The van der Waals surface area contributed by atoms with E-state index in [1.807, 2.05) is 18.2 Å². The zero-order valence-electron chi connectivity index (χ0n) is 24.1. The number of ether oxygens (including phenoxy) is 2. The van der Waals surface area contributed by atoms with Crippen molar-refractivity contribution in [3.63, 3.8) is 0 Å². The van der Waals surface area contributed by atoms with E-state index in [4.69, 9.17) is 9.47 Å². The third kappa shape index (κ3) is 5.43. The molecule has 3 aliphatic rings. The van der Waals surface area contributed by atoms with Crippen molar-refractivity contribution in [3.05, 3.63) is 58.1 Å². The number of rotatable bonds is 6. The summed E-state index contributed by atoms with van der Waals surface area (Å²) in [5, 5.41) is 10.0. The quantitative estimate of drug-likeness (QED) is 0.326. The van der Waals surface area contributed by atoms with Gasteiger partial charge in [-0.25, -0.2) is 4.39 Å². The fourth-order valence-corrected chi connectivity index (χ4v) is 6.75. The molecule has 0 unspecified atom stereocenters. The summed E-state index contributed by atoms with van der Waals surface area (Å²) in [6, 6.07) is 8.45. The summed E-state index contributed by atoms with van der Waals surface area (Å²) < 4.78 is 29.1. The van der Waals surface area contributed by atoms with Crippen LogP contribution in [0.1, 0.15) is 50.9 Å². The van der Waals surface area contributed by atoms with Gasteiger partial charge in [0.25, 0.3) is 5.91 Å². The van der Waals surface area contributed by atoms with Crippen LogP contribution in [0, 0.1) is 5.82 Å². The number of carbonyl (C=O) groups excluding carboxylic acids is 1. The monoisotopic (exact) mass is 563 g/mol. The second-order valence-electron chi connectivity index (χ2n) is 12.6. The number of piperidine rings is 1. The van der Waals surface area contributed by atoms with Gasteiger partial charge in [-0.05, 0) is 58.7 Å². The van der Waals surface area contributed by atoms with Crippen LogP contribution in [-0.4, -0.2) is 71.9 Å². The summed E-state index contributed by atoms with van der Waals surface area (Å²) in [6.45, 7) is 12.7. The van der Waals surface area contributed by atoms with Crippen LogP contribution in [0.2, 0.25) is 0 Å². The van der Waals surface area contributed by atoms with Crippen molar-refractivity contribution >= 4 is 22.5 Å². The number of nitrogens with zero attached hydrogens (tertiary/aromatic N) is 2. The van der Waals surface area contributed by atoms with Gasteiger partial charge in [-0.2, -0.15) is 0 Å². The smallest absolute Gasteiger partial charge is 0.257 e. The Hall–Kier alpha value is -3.47.